The summed E-state index contributed by atoms with van der Waals surface area (Å²) in [7, 11) is 0. The number of benzene rings is 2. The number of nitrogens with zero attached hydrogens (tertiary/aromatic N) is 2. The van der Waals surface area contributed by atoms with Crippen molar-refractivity contribution in [3.05, 3.63) is 66.0 Å². The molecule has 24 heavy (non-hydrogen) atoms. The van der Waals surface area contributed by atoms with Crippen LogP contribution in [-0.4, -0.2) is 17.4 Å². The third-order valence-corrected chi connectivity index (χ3v) is 5.14. The lowest BCUT2D eigenvalue weighted by molar-refractivity contribution is 0.103. The Morgan fingerprint density at radius 1 is 1.12 bits per heavy atom. The minimum absolute atomic E-state index is 0.00187. The van der Waals surface area contributed by atoms with Gasteiger partial charge in [0, 0.05) is 46.6 Å². The summed E-state index contributed by atoms with van der Waals surface area (Å²) < 4.78 is 0. The van der Waals surface area contributed by atoms with Crippen LogP contribution in [0.4, 0.5) is 11.4 Å². The van der Waals surface area contributed by atoms with Crippen molar-refractivity contribution in [2.24, 2.45) is 0 Å². The smallest absolute Gasteiger partial charge is 0.256 e. The van der Waals surface area contributed by atoms with Crippen LogP contribution in [0.2, 0.25) is 0 Å². The number of anilines is 2. The van der Waals surface area contributed by atoms with Gasteiger partial charge in [-0.05, 0) is 42.7 Å². The molecule has 2 aliphatic heterocycles. The first kappa shape index (κ1) is 13.5. The maximum Gasteiger partial charge on any atom is 0.256 e. The van der Waals surface area contributed by atoms with Crippen molar-refractivity contribution in [3.63, 3.8) is 0 Å². The quantitative estimate of drug-likeness (QED) is 0.773. The van der Waals surface area contributed by atoms with Gasteiger partial charge in [-0.1, -0.05) is 18.2 Å². The summed E-state index contributed by atoms with van der Waals surface area (Å²) in [4.78, 5) is 18.9. The van der Waals surface area contributed by atoms with E-state index in [2.05, 4.69) is 33.4 Å². The molecule has 1 aromatic heterocycles. The largest absolute Gasteiger partial charge is 0.364 e. The van der Waals surface area contributed by atoms with Crippen molar-refractivity contribution in [2.75, 3.05) is 16.8 Å². The Balaban J connectivity index is 1.68. The zero-order valence-electron chi connectivity index (χ0n) is 13.2. The predicted molar refractivity (Wildman–Crippen MR) is 95.5 cm³/mol. The van der Waals surface area contributed by atoms with E-state index in [1.54, 1.807) is 0 Å². The fraction of sp³-hybridized carbons (Fsp3) is 0.200. The fourth-order valence-electron chi connectivity index (χ4n) is 4.10. The zero-order valence-corrected chi connectivity index (χ0v) is 13.2. The Bertz CT molecular complexity index is 952. The van der Waals surface area contributed by atoms with E-state index >= 15 is 0 Å². The molecule has 0 aliphatic carbocycles. The highest BCUT2D eigenvalue weighted by molar-refractivity contribution is 6.25. The number of rotatable bonds is 2. The normalized spacial score (nSPS) is 19.1. The van der Waals surface area contributed by atoms with E-state index in [0.717, 1.165) is 35.0 Å². The molecular weight excluding hydrogens is 298 g/mol. The lowest BCUT2D eigenvalue weighted by Gasteiger charge is -2.28. The summed E-state index contributed by atoms with van der Waals surface area (Å²) in [6.07, 6.45) is 6.08. The molecule has 0 bridgehead atoms. The standard InChI is InChI=1S/C20H17N3O/c24-20-15-8-9-18(14-5-1-6-16(22-20)19(14)15)23-11-3-7-17(23)13-4-2-10-21-12-13/h1-2,4-6,8-10,12,17H,3,7,11H2,(H,22,24). The van der Waals surface area contributed by atoms with Crippen LogP contribution in [0.25, 0.3) is 10.8 Å². The van der Waals surface area contributed by atoms with Crippen molar-refractivity contribution in [3.8, 4) is 0 Å². The van der Waals surface area contributed by atoms with Crippen LogP contribution < -0.4 is 10.2 Å². The molecule has 4 nitrogen and oxygen atoms in total. The highest BCUT2D eigenvalue weighted by Crippen LogP contribution is 2.43. The number of hydrogen-bond acceptors (Lipinski definition) is 3. The summed E-state index contributed by atoms with van der Waals surface area (Å²) in [5.41, 5.74) is 4.17. The minimum Gasteiger partial charge on any atom is -0.364 e. The van der Waals surface area contributed by atoms with Crippen LogP contribution in [0.3, 0.4) is 0 Å². The fourth-order valence-corrected chi connectivity index (χ4v) is 4.10. The summed E-state index contributed by atoms with van der Waals surface area (Å²) in [5.74, 6) is -0.00187. The second kappa shape index (κ2) is 5.06. The molecule has 1 N–H and O–H groups in total. The first-order valence-electron chi connectivity index (χ1n) is 8.36. The number of aromatic nitrogens is 1. The third kappa shape index (κ3) is 1.86. The average Bonchev–Trinajstić information content (AvgIpc) is 3.23. The highest BCUT2D eigenvalue weighted by atomic mass is 16.1. The van der Waals surface area contributed by atoms with Crippen molar-refractivity contribution in [1.29, 1.82) is 0 Å². The first-order valence-corrected chi connectivity index (χ1v) is 8.36. The predicted octanol–water partition coefficient (Wildman–Crippen LogP) is 4.14. The second-order valence-electron chi connectivity index (χ2n) is 6.45. The third-order valence-electron chi connectivity index (χ3n) is 5.14. The Morgan fingerprint density at radius 3 is 2.96 bits per heavy atom. The topological polar surface area (TPSA) is 45.2 Å². The average molecular weight is 315 g/mol. The van der Waals surface area contributed by atoms with Gasteiger partial charge >= 0.3 is 0 Å². The van der Waals surface area contributed by atoms with Gasteiger partial charge in [-0.25, -0.2) is 0 Å². The summed E-state index contributed by atoms with van der Waals surface area (Å²) in [6, 6.07) is 14.7. The number of carbonyl (C=O) groups is 1. The minimum atomic E-state index is -0.00187. The van der Waals surface area contributed by atoms with Crippen LogP contribution >= 0.6 is 0 Å². The number of pyridine rings is 1. The molecule has 1 unspecified atom stereocenters. The van der Waals surface area contributed by atoms with Gasteiger partial charge in [-0.3, -0.25) is 9.78 Å². The van der Waals surface area contributed by atoms with Crippen LogP contribution in [0.15, 0.2) is 54.9 Å². The molecule has 1 atom stereocenters. The number of nitrogens with one attached hydrogen (secondary N) is 1. The molecule has 2 aliphatic rings. The Labute approximate surface area is 140 Å². The van der Waals surface area contributed by atoms with E-state index in [0.29, 0.717) is 6.04 Å². The van der Waals surface area contributed by atoms with E-state index in [-0.39, 0.29) is 5.91 Å². The molecule has 1 saturated heterocycles. The van der Waals surface area contributed by atoms with Gasteiger partial charge in [-0.15, -0.1) is 0 Å². The molecule has 3 heterocycles. The highest BCUT2D eigenvalue weighted by Gasteiger charge is 2.30. The van der Waals surface area contributed by atoms with E-state index in [1.807, 2.05) is 36.7 Å². The monoisotopic (exact) mass is 315 g/mol. The number of hydrogen-bond donors (Lipinski definition) is 1. The first-order chi connectivity index (χ1) is 11.8. The van der Waals surface area contributed by atoms with Gasteiger partial charge in [0.05, 0.1) is 6.04 Å². The van der Waals surface area contributed by atoms with Crippen LogP contribution in [0, 0.1) is 0 Å². The van der Waals surface area contributed by atoms with Gasteiger partial charge in [0.1, 0.15) is 0 Å². The Morgan fingerprint density at radius 2 is 2.08 bits per heavy atom. The van der Waals surface area contributed by atoms with E-state index < -0.39 is 0 Å². The molecule has 4 heteroatoms. The van der Waals surface area contributed by atoms with Crippen LogP contribution in [0.1, 0.15) is 34.8 Å². The van der Waals surface area contributed by atoms with Crippen molar-refractivity contribution in [1.82, 2.24) is 4.98 Å². The van der Waals surface area contributed by atoms with Gasteiger partial charge in [0.25, 0.3) is 5.91 Å². The van der Waals surface area contributed by atoms with Crippen molar-refractivity contribution in [2.45, 2.75) is 18.9 Å². The molecule has 0 spiro atoms. The number of carbonyl (C=O) groups excluding carboxylic acids is 1. The summed E-state index contributed by atoms with van der Waals surface area (Å²) in [6.45, 7) is 1.03. The SMILES string of the molecule is O=C1Nc2cccc3c(N4CCCC4c4cccnc4)ccc1c23. The van der Waals surface area contributed by atoms with Crippen molar-refractivity contribution >= 4 is 28.1 Å². The maximum absolute atomic E-state index is 12.1. The lowest BCUT2D eigenvalue weighted by Crippen LogP contribution is -2.22. The molecule has 3 aromatic rings. The molecule has 5 rings (SSSR count). The number of amides is 1. The second-order valence-corrected chi connectivity index (χ2v) is 6.45. The summed E-state index contributed by atoms with van der Waals surface area (Å²) in [5, 5.41) is 5.17. The van der Waals surface area contributed by atoms with Crippen LogP contribution in [-0.2, 0) is 0 Å². The Kier molecular flexibility index (Phi) is 2.86. The van der Waals surface area contributed by atoms with Gasteiger partial charge in [0.2, 0.25) is 0 Å². The van der Waals surface area contributed by atoms with E-state index in [1.165, 1.54) is 17.7 Å². The molecule has 0 radical (unpaired) electrons. The van der Waals surface area contributed by atoms with Crippen LogP contribution in [0.5, 0.6) is 0 Å². The summed E-state index contributed by atoms with van der Waals surface area (Å²) >= 11 is 0. The molecule has 2 aromatic carbocycles. The Hall–Kier alpha value is -2.88. The molecule has 1 amide bonds. The molecular formula is C20H17N3O. The molecule has 118 valence electrons. The van der Waals surface area contributed by atoms with Gasteiger partial charge in [-0.2, -0.15) is 0 Å². The molecule has 0 saturated carbocycles. The van der Waals surface area contributed by atoms with E-state index in [4.69, 9.17) is 0 Å². The maximum atomic E-state index is 12.1. The van der Waals surface area contributed by atoms with E-state index in [9.17, 15) is 4.79 Å². The zero-order chi connectivity index (χ0) is 16.1. The lowest BCUT2D eigenvalue weighted by atomic mass is 10.0. The van der Waals surface area contributed by atoms with Gasteiger partial charge < -0.3 is 10.2 Å². The van der Waals surface area contributed by atoms with Crippen molar-refractivity contribution < 1.29 is 4.79 Å². The molecule has 1 fully saturated rings. The van der Waals surface area contributed by atoms with Gasteiger partial charge in [0.15, 0.2) is 0 Å².